The van der Waals surface area contributed by atoms with Crippen LogP contribution < -0.4 is 4.74 Å². The predicted molar refractivity (Wildman–Crippen MR) is 80.1 cm³/mol. The summed E-state index contributed by atoms with van der Waals surface area (Å²) in [6.45, 7) is 3.97. The quantitative estimate of drug-likeness (QED) is 0.799. The first-order chi connectivity index (χ1) is 10.2. The third kappa shape index (κ3) is 2.60. The number of ether oxygens (including phenoxy) is 1. The van der Waals surface area contributed by atoms with E-state index in [1.807, 2.05) is 48.7 Å². The molecule has 0 aliphatic heterocycles. The molecule has 0 unspecified atom stereocenters. The lowest BCUT2D eigenvalue weighted by atomic mass is 10.1. The average Bonchev–Trinajstić information content (AvgIpc) is 2.92. The summed E-state index contributed by atoms with van der Waals surface area (Å²) in [5.74, 6) is 0.533. The first kappa shape index (κ1) is 13.6. The van der Waals surface area contributed by atoms with Crippen LogP contribution in [0.3, 0.4) is 0 Å². The van der Waals surface area contributed by atoms with Crippen molar-refractivity contribution in [2.45, 2.75) is 26.6 Å². The van der Waals surface area contributed by atoms with Crippen LogP contribution in [0.5, 0.6) is 5.88 Å². The van der Waals surface area contributed by atoms with Gasteiger partial charge in [0.25, 0.3) is 5.88 Å². The Bertz CT molecular complexity index is 748. The normalized spacial score (nSPS) is 11.2. The number of rotatable bonds is 4. The van der Waals surface area contributed by atoms with Crippen LogP contribution in [0.4, 0.5) is 0 Å². The lowest BCUT2D eigenvalue weighted by Gasteiger charge is -2.09. The van der Waals surface area contributed by atoms with Gasteiger partial charge in [-0.15, -0.1) is 0 Å². The van der Waals surface area contributed by atoms with Gasteiger partial charge in [0.05, 0.1) is 24.6 Å². The zero-order valence-corrected chi connectivity index (χ0v) is 12.0. The maximum absolute atomic E-state index is 9.11. The topological polar surface area (TPSA) is 59.7 Å². The van der Waals surface area contributed by atoms with Crippen LogP contribution in [0.25, 0.3) is 16.9 Å². The van der Waals surface area contributed by atoms with E-state index in [0.29, 0.717) is 11.5 Å². The number of fused-ring (bicyclic) bond motifs is 1. The molecule has 0 atom stereocenters. The number of aliphatic hydroxyl groups is 1. The summed E-state index contributed by atoms with van der Waals surface area (Å²) in [5, 5.41) is 9.11. The van der Waals surface area contributed by atoms with E-state index in [9.17, 15) is 0 Å². The van der Waals surface area contributed by atoms with Crippen molar-refractivity contribution >= 4 is 5.65 Å². The van der Waals surface area contributed by atoms with Gasteiger partial charge in [-0.2, -0.15) is 0 Å². The monoisotopic (exact) mass is 283 g/mol. The second-order valence-electron chi connectivity index (χ2n) is 5.09. The van der Waals surface area contributed by atoms with E-state index in [2.05, 4.69) is 9.97 Å². The number of benzene rings is 1. The Morgan fingerprint density at radius 2 is 1.95 bits per heavy atom. The van der Waals surface area contributed by atoms with Gasteiger partial charge in [-0.1, -0.05) is 24.3 Å². The Hall–Kier alpha value is -2.40. The lowest BCUT2D eigenvalue weighted by Crippen LogP contribution is -2.08. The molecule has 0 amide bonds. The molecule has 21 heavy (non-hydrogen) atoms. The van der Waals surface area contributed by atoms with Crippen molar-refractivity contribution in [1.82, 2.24) is 14.4 Å². The van der Waals surface area contributed by atoms with Crippen molar-refractivity contribution in [3.63, 3.8) is 0 Å². The smallest absolute Gasteiger partial charge is 0.258 e. The number of hydrogen-bond acceptors (Lipinski definition) is 4. The Kier molecular flexibility index (Phi) is 3.58. The van der Waals surface area contributed by atoms with E-state index in [1.54, 1.807) is 12.4 Å². The first-order valence-electron chi connectivity index (χ1n) is 6.88. The third-order valence-corrected chi connectivity index (χ3v) is 3.18. The van der Waals surface area contributed by atoms with Gasteiger partial charge >= 0.3 is 0 Å². The Balaban J connectivity index is 2.07. The summed E-state index contributed by atoms with van der Waals surface area (Å²) in [4.78, 5) is 8.66. The summed E-state index contributed by atoms with van der Waals surface area (Å²) in [6, 6.07) is 7.75. The molecule has 0 fully saturated rings. The molecule has 108 valence electrons. The number of aromatic nitrogens is 3. The van der Waals surface area contributed by atoms with Gasteiger partial charge < -0.3 is 9.84 Å². The van der Waals surface area contributed by atoms with E-state index < -0.39 is 0 Å². The summed E-state index contributed by atoms with van der Waals surface area (Å²) in [5.41, 5.74) is 3.58. The van der Waals surface area contributed by atoms with Gasteiger partial charge in [0.15, 0.2) is 0 Å². The molecule has 5 heteroatoms. The standard InChI is InChI=1S/C16H17N3O2/c1-11(2)21-16-15-18-9-14(19(15)8-7-17-16)13-5-3-12(10-20)4-6-13/h3-9,11,20H,10H2,1-2H3. The van der Waals surface area contributed by atoms with Crippen LogP contribution in [-0.4, -0.2) is 25.6 Å². The lowest BCUT2D eigenvalue weighted by molar-refractivity contribution is 0.234. The minimum Gasteiger partial charge on any atom is -0.472 e. The highest BCUT2D eigenvalue weighted by atomic mass is 16.5. The minimum absolute atomic E-state index is 0.0454. The summed E-state index contributed by atoms with van der Waals surface area (Å²) in [7, 11) is 0. The van der Waals surface area contributed by atoms with Gasteiger partial charge in [0.1, 0.15) is 0 Å². The van der Waals surface area contributed by atoms with E-state index in [-0.39, 0.29) is 12.7 Å². The Morgan fingerprint density at radius 3 is 2.62 bits per heavy atom. The minimum atomic E-state index is 0.0454. The molecular formula is C16H17N3O2. The van der Waals surface area contributed by atoms with Crippen molar-refractivity contribution in [2.24, 2.45) is 0 Å². The van der Waals surface area contributed by atoms with Crippen molar-refractivity contribution in [3.05, 3.63) is 48.4 Å². The second-order valence-corrected chi connectivity index (χ2v) is 5.09. The highest BCUT2D eigenvalue weighted by molar-refractivity contribution is 5.66. The molecule has 0 saturated carbocycles. The summed E-state index contributed by atoms with van der Waals surface area (Å²) in [6.07, 6.45) is 5.42. The Morgan fingerprint density at radius 1 is 1.19 bits per heavy atom. The fourth-order valence-electron chi connectivity index (χ4n) is 2.20. The number of imidazole rings is 1. The zero-order chi connectivity index (χ0) is 14.8. The van der Waals surface area contributed by atoms with E-state index in [0.717, 1.165) is 16.8 Å². The highest BCUT2D eigenvalue weighted by Crippen LogP contribution is 2.25. The van der Waals surface area contributed by atoms with Gasteiger partial charge in [-0.25, -0.2) is 9.97 Å². The van der Waals surface area contributed by atoms with Crippen molar-refractivity contribution in [1.29, 1.82) is 0 Å². The van der Waals surface area contributed by atoms with E-state index in [1.165, 1.54) is 0 Å². The Labute approximate surface area is 122 Å². The van der Waals surface area contributed by atoms with Crippen LogP contribution in [0.1, 0.15) is 19.4 Å². The van der Waals surface area contributed by atoms with Crippen LogP contribution in [-0.2, 0) is 6.61 Å². The molecule has 3 aromatic rings. The van der Waals surface area contributed by atoms with Gasteiger partial charge in [0.2, 0.25) is 5.65 Å². The maximum atomic E-state index is 9.11. The van der Waals surface area contributed by atoms with Gasteiger partial charge in [-0.3, -0.25) is 4.40 Å². The molecule has 0 radical (unpaired) electrons. The molecule has 1 N–H and O–H groups in total. The fraction of sp³-hybridized carbons (Fsp3) is 0.250. The van der Waals surface area contributed by atoms with Crippen LogP contribution in [0, 0.1) is 0 Å². The van der Waals surface area contributed by atoms with Crippen LogP contribution >= 0.6 is 0 Å². The SMILES string of the molecule is CC(C)Oc1nccn2c(-c3ccc(CO)cc3)cnc12. The summed E-state index contributed by atoms with van der Waals surface area (Å²) < 4.78 is 7.64. The van der Waals surface area contributed by atoms with Crippen LogP contribution in [0.2, 0.25) is 0 Å². The summed E-state index contributed by atoms with van der Waals surface area (Å²) >= 11 is 0. The van der Waals surface area contributed by atoms with Gasteiger partial charge in [0, 0.05) is 18.0 Å². The maximum Gasteiger partial charge on any atom is 0.258 e. The molecule has 0 aliphatic carbocycles. The van der Waals surface area contributed by atoms with Crippen molar-refractivity contribution < 1.29 is 9.84 Å². The molecule has 2 aromatic heterocycles. The highest BCUT2D eigenvalue weighted by Gasteiger charge is 2.12. The molecule has 1 aromatic carbocycles. The average molecular weight is 283 g/mol. The third-order valence-electron chi connectivity index (χ3n) is 3.18. The molecule has 0 aliphatic rings. The molecule has 2 heterocycles. The largest absolute Gasteiger partial charge is 0.472 e. The molecule has 0 bridgehead atoms. The molecule has 5 nitrogen and oxygen atoms in total. The molecule has 3 rings (SSSR count). The number of hydrogen-bond donors (Lipinski definition) is 1. The fourth-order valence-corrected chi connectivity index (χ4v) is 2.20. The first-order valence-corrected chi connectivity index (χ1v) is 6.88. The molecular weight excluding hydrogens is 266 g/mol. The van der Waals surface area contributed by atoms with Crippen molar-refractivity contribution in [2.75, 3.05) is 0 Å². The number of nitrogens with zero attached hydrogens (tertiary/aromatic N) is 3. The molecule has 0 saturated heterocycles. The number of aliphatic hydroxyl groups excluding tert-OH is 1. The second kappa shape index (κ2) is 5.54. The predicted octanol–water partition coefficient (Wildman–Crippen LogP) is 2.68. The zero-order valence-electron chi connectivity index (χ0n) is 12.0. The van der Waals surface area contributed by atoms with E-state index in [4.69, 9.17) is 9.84 Å². The van der Waals surface area contributed by atoms with Crippen LogP contribution in [0.15, 0.2) is 42.9 Å². The molecule has 0 spiro atoms. The van der Waals surface area contributed by atoms with Crippen molar-refractivity contribution in [3.8, 4) is 17.1 Å². The van der Waals surface area contributed by atoms with E-state index >= 15 is 0 Å². The van der Waals surface area contributed by atoms with Gasteiger partial charge in [-0.05, 0) is 19.4 Å².